The molecule has 4 nitrogen and oxygen atoms in total. The molecule has 0 amide bonds. The molecule has 2 aromatic heterocycles. The van der Waals surface area contributed by atoms with Crippen LogP contribution in [0.25, 0.3) is 22.6 Å². The Bertz CT molecular complexity index is 1130. The van der Waals surface area contributed by atoms with Gasteiger partial charge in [-0.25, -0.2) is 14.1 Å². The second kappa shape index (κ2) is 5.86. The Morgan fingerprint density at radius 2 is 1.72 bits per heavy atom. The minimum absolute atomic E-state index is 0.0681. The third-order valence-electron chi connectivity index (χ3n) is 4.03. The Hall–Kier alpha value is -2.92. The minimum atomic E-state index is -0.365. The summed E-state index contributed by atoms with van der Waals surface area (Å²) in [6.45, 7) is 1.70. The molecule has 0 saturated carbocycles. The first-order valence-corrected chi connectivity index (χ1v) is 8.06. The van der Waals surface area contributed by atoms with Crippen LogP contribution < -0.4 is 5.56 Å². The molecule has 0 spiro atoms. The van der Waals surface area contributed by atoms with Crippen molar-refractivity contribution in [3.63, 3.8) is 0 Å². The van der Waals surface area contributed by atoms with Crippen LogP contribution in [0.3, 0.4) is 0 Å². The first kappa shape index (κ1) is 15.6. The molecule has 0 aliphatic rings. The van der Waals surface area contributed by atoms with Gasteiger partial charge in [0, 0.05) is 11.6 Å². The molecule has 0 bridgehead atoms. The molecule has 4 rings (SSSR count). The van der Waals surface area contributed by atoms with Crippen LogP contribution in [0.5, 0.6) is 0 Å². The van der Waals surface area contributed by atoms with E-state index in [1.165, 1.54) is 16.6 Å². The van der Waals surface area contributed by atoms with Gasteiger partial charge in [-0.2, -0.15) is 4.52 Å². The SMILES string of the molecule is Cc1nc2cc(-c3ccccc3)n(-c3ccc(F)cc3)n2c(=O)c1Cl. The molecule has 0 aliphatic heterocycles. The molecular formula is C19H13ClFN3O. The Balaban J connectivity index is 2.15. The third kappa shape index (κ3) is 2.53. The third-order valence-corrected chi connectivity index (χ3v) is 4.47. The van der Waals surface area contributed by atoms with E-state index < -0.39 is 0 Å². The van der Waals surface area contributed by atoms with Crippen molar-refractivity contribution in [3.8, 4) is 16.9 Å². The second-order valence-corrected chi connectivity index (χ2v) is 6.05. The molecule has 25 heavy (non-hydrogen) atoms. The molecular weight excluding hydrogens is 341 g/mol. The van der Waals surface area contributed by atoms with Gasteiger partial charge in [0.2, 0.25) is 0 Å². The zero-order chi connectivity index (χ0) is 17.6. The van der Waals surface area contributed by atoms with Crippen molar-refractivity contribution < 1.29 is 4.39 Å². The van der Waals surface area contributed by atoms with Gasteiger partial charge in [-0.3, -0.25) is 4.79 Å². The van der Waals surface area contributed by atoms with Gasteiger partial charge in [-0.15, -0.1) is 0 Å². The zero-order valence-electron chi connectivity index (χ0n) is 13.3. The van der Waals surface area contributed by atoms with E-state index in [0.29, 0.717) is 17.0 Å². The highest BCUT2D eigenvalue weighted by molar-refractivity contribution is 6.31. The van der Waals surface area contributed by atoms with Crippen molar-refractivity contribution in [1.82, 2.24) is 14.2 Å². The maximum atomic E-state index is 13.4. The fraction of sp³-hybridized carbons (Fsp3) is 0.0526. The van der Waals surface area contributed by atoms with Crippen molar-refractivity contribution in [2.45, 2.75) is 6.92 Å². The van der Waals surface area contributed by atoms with Crippen molar-refractivity contribution in [2.24, 2.45) is 0 Å². The summed E-state index contributed by atoms with van der Waals surface area (Å²) in [5.74, 6) is -0.346. The maximum Gasteiger partial charge on any atom is 0.292 e. The number of benzene rings is 2. The van der Waals surface area contributed by atoms with Crippen LogP contribution in [0.2, 0.25) is 5.02 Å². The summed E-state index contributed by atoms with van der Waals surface area (Å²) < 4.78 is 16.5. The van der Waals surface area contributed by atoms with Crippen LogP contribution >= 0.6 is 11.6 Å². The van der Waals surface area contributed by atoms with Crippen molar-refractivity contribution in [3.05, 3.63) is 87.6 Å². The number of hydrogen-bond acceptors (Lipinski definition) is 2. The van der Waals surface area contributed by atoms with E-state index in [0.717, 1.165) is 11.3 Å². The highest BCUT2D eigenvalue weighted by Crippen LogP contribution is 2.26. The molecule has 0 unspecified atom stereocenters. The van der Waals surface area contributed by atoms with Gasteiger partial charge in [-0.1, -0.05) is 41.9 Å². The number of aromatic nitrogens is 3. The van der Waals surface area contributed by atoms with E-state index >= 15 is 0 Å². The lowest BCUT2D eigenvalue weighted by Crippen LogP contribution is -2.22. The molecule has 0 radical (unpaired) electrons. The monoisotopic (exact) mass is 353 g/mol. The molecule has 0 fully saturated rings. The number of rotatable bonds is 2. The normalized spacial score (nSPS) is 11.2. The molecule has 2 heterocycles. The number of nitrogens with zero attached hydrogens (tertiary/aromatic N) is 3. The average Bonchev–Trinajstić information content (AvgIpc) is 3.00. The van der Waals surface area contributed by atoms with Crippen LogP contribution in [0.15, 0.2) is 65.5 Å². The lowest BCUT2D eigenvalue weighted by Gasteiger charge is -2.11. The van der Waals surface area contributed by atoms with Gasteiger partial charge < -0.3 is 0 Å². The van der Waals surface area contributed by atoms with Gasteiger partial charge in [0.1, 0.15) is 10.8 Å². The lowest BCUT2D eigenvalue weighted by molar-refractivity contribution is 0.626. The van der Waals surface area contributed by atoms with E-state index in [9.17, 15) is 9.18 Å². The Morgan fingerprint density at radius 3 is 2.40 bits per heavy atom. The fourth-order valence-electron chi connectivity index (χ4n) is 2.85. The van der Waals surface area contributed by atoms with Crippen LogP contribution in [-0.2, 0) is 0 Å². The maximum absolute atomic E-state index is 13.4. The second-order valence-electron chi connectivity index (χ2n) is 5.67. The molecule has 0 saturated heterocycles. The molecule has 4 aromatic rings. The smallest absolute Gasteiger partial charge is 0.266 e. The Morgan fingerprint density at radius 1 is 1.04 bits per heavy atom. The standard InChI is InChI=1S/C19H13ClFN3O/c1-12-18(20)19(25)24-17(22-12)11-16(13-5-3-2-4-6-13)23(24)15-9-7-14(21)8-10-15/h2-11H,1H3. The van der Waals surface area contributed by atoms with E-state index in [1.54, 1.807) is 23.7 Å². The van der Waals surface area contributed by atoms with E-state index in [1.807, 2.05) is 36.4 Å². The summed E-state index contributed by atoms with van der Waals surface area (Å²) in [5.41, 5.74) is 2.90. The molecule has 0 N–H and O–H groups in total. The summed E-state index contributed by atoms with van der Waals surface area (Å²) in [7, 11) is 0. The quantitative estimate of drug-likeness (QED) is 0.540. The number of fused-ring (bicyclic) bond motifs is 1. The van der Waals surface area contributed by atoms with Gasteiger partial charge >= 0.3 is 0 Å². The summed E-state index contributed by atoms with van der Waals surface area (Å²) in [5, 5.41) is 0.0681. The van der Waals surface area contributed by atoms with E-state index in [-0.39, 0.29) is 16.4 Å². The predicted octanol–water partition coefficient (Wildman–Crippen LogP) is 4.25. The van der Waals surface area contributed by atoms with Crippen LogP contribution in [0.1, 0.15) is 5.69 Å². The average molecular weight is 354 g/mol. The van der Waals surface area contributed by atoms with Gasteiger partial charge in [0.05, 0.1) is 17.1 Å². The summed E-state index contributed by atoms with van der Waals surface area (Å²) in [6.07, 6.45) is 0. The first-order chi connectivity index (χ1) is 12.1. The largest absolute Gasteiger partial charge is 0.292 e. The number of aryl methyl sites for hydroxylation is 1. The van der Waals surface area contributed by atoms with Crippen LogP contribution in [-0.4, -0.2) is 14.2 Å². The Labute approximate surface area is 147 Å². The topological polar surface area (TPSA) is 39.3 Å². The van der Waals surface area contributed by atoms with Crippen LogP contribution in [0, 0.1) is 12.7 Å². The zero-order valence-corrected chi connectivity index (χ0v) is 14.0. The Kier molecular flexibility index (Phi) is 3.66. The van der Waals surface area contributed by atoms with Crippen molar-refractivity contribution in [1.29, 1.82) is 0 Å². The van der Waals surface area contributed by atoms with Gasteiger partial charge in [-0.05, 0) is 31.2 Å². The summed E-state index contributed by atoms with van der Waals surface area (Å²) >= 11 is 6.13. The summed E-state index contributed by atoms with van der Waals surface area (Å²) in [6, 6.07) is 17.4. The minimum Gasteiger partial charge on any atom is -0.266 e. The molecule has 124 valence electrons. The van der Waals surface area contributed by atoms with Crippen molar-refractivity contribution >= 4 is 17.2 Å². The predicted molar refractivity (Wildman–Crippen MR) is 95.9 cm³/mol. The molecule has 2 aromatic carbocycles. The first-order valence-electron chi connectivity index (χ1n) is 7.68. The number of halogens is 2. The molecule has 0 atom stereocenters. The van der Waals surface area contributed by atoms with Gasteiger partial charge in [0.15, 0.2) is 5.65 Å². The fourth-order valence-corrected chi connectivity index (χ4v) is 2.97. The number of hydrogen-bond donors (Lipinski definition) is 0. The lowest BCUT2D eigenvalue weighted by atomic mass is 10.1. The van der Waals surface area contributed by atoms with Crippen molar-refractivity contribution in [2.75, 3.05) is 0 Å². The molecule has 0 aliphatic carbocycles. The summed E-state index contributed by atoms with van der Waals surface area (Å²) in [4.78, 5) is 17.2. The highest BCUT2D eigenvalue weighted by Gasteiger charge is 2.17. The van der Waals surface area contributed by atoms with E-state index in [4.69, 9.17) is 11.6 Å². The highest BCUT2D eigenvalue weighted by atomic mass is 35.5. The van der Waals surface area contributed by atoms with Gasteiger partial charge in [0.25, 0.3) is 5.56 Å². The molecule has 6 heteroatoms. The van der Waals surface area contributed by atoms with Crippen LogP contribution in [0.4, 0.5) is 4.39 Å². The van der Waals surface area contributed by atoms with E-state index in [2.05, 4.69) is 4.98 Å².